The second-order valence-corrected chi connectivity index (χ2v) is 2.47. The fourth-order valence-electron chi connectivity index (χ4n) is 0.937. The first kappa shape index (κ1) is 8.34. The molecule has 0 spiro atoms. The number of aromatic hydroxyl groups is 2. The van der Waals surface area contributed by atoms with Crippen molar-refractivity contribution in [2.75, 3.05) is 0 Å². The molecule has 0 bridgehead atoms. The van der Waals surface area contributed by atoms with Crippen molar-refractivity contribution in [3.8, 4) is 17.6 Å². The summed E-state index contributed by atoms with van der Waals surface area (Å²) >= 11 is 0. The van der Waals surface area contributed by atoms with Crippen LogP contribution in [0, 0.1) is 25.2 Å². The first-order valence-corrected chi connectivity index (χ1v) is 3.37. The van der Waals surface area contributed by atoms with E-state index in [1.54, 1.807) is 19.9 Å². The van der Waals surface area contributed by atoms with Gasteiger partial charge in [-0.05, 0) is 13.8 Å². The number of aryl methyl sites for hydroxylation is 2. The SMILES string of the molecule is Cc1nc(C)c(O)c(C#N)c1O. The lowest BCUT2D eigenvalue weighted by Crippen LogP contribution is -1.91. The topological polar surface area (TPSA) is 77.1 Å². The van der Waals surface area contributed by atoms with Gasteiger partial charge in [0.1, 0.15) is 11.6 Å². The highest BCUT2D eigenvalue weighted by atomic mass is 16.3. The molecule has 12 heavy (non-hydrogen) atoms. The van der Waals surface area contributed by atoms with Crippen LogP contribution in [0.5, 0.6) is 11.5 Å². The largest absolute Gasteiger partial charge is 0.505 e. The zero-order valence-corrected chi connectivity index (χ0v) is 6.79. The second-order valence-electron chi connectivity index (χ2n) is 2.47. The Labute approximate surface area is 69.7 Å². The number of pyridine rings is 1. The highest BCUT2D eigenvalue weighted by molar-refractivity contribution is 5.54. The summed E-state index contributed by atoms with van der Waals surface area (Å²) in [6.07, 6.45) is 0. The Balaban J connectivity index is 3.56. The smallest absolute Gasteiger partial charge is 0.158 e. The van der Waals surface area contributed by atoms with E-state index in [0.717, 1.165) is 0 Å². The minimum atomic E-state index is -0.249. The summed E-state index contributed by atoms with van der Waals surface area (Å²) in [5.41, 5.74) is 0.587. The molecule has 0 fully saturated rings. The predicted molar refractivity (Wildman–Crippen MR) is 41.8 cm³/mol. The summed E-state index contributed by atoms with van der Waals surface area (Å²) < 4.78 is 0. The van der Waals surface area contributed by atoms with Crippen LogP contribution in [0.2, 0.25) is 0 Å². The summed E-state index contributed by atoms with van der Waals surface area (Å²) in [4.78, 5) is 3.83. The van der Waals surface area contributed by atoms with Gasteiger partial charge in [0.05, 0.1) is 11.4 Å². The molecule has 1 aromatic heterocycles. The molecule has 4 nitrogen and oxygen atoms in total. The van der Waals surface area contributed by atoms with Crippen LogP contribution < -0.4 is 0 Å². The summed E-state index contributed by atoms with van der Waals surface area (Å²) in [6, 6.07) is 1.71. The molecular weight excluding hydrogens is 156 g/mol. The third-order valence-corrected chi connectivity index (χ3v) is 1.61. The van der Waals surface area contributed by atoms with Gasteiger partial charge in [0.2, 0.25) is 0 Å². The maximum absolute atomic E-state index is 9.26. The van der Waals surface area contributed by atoms with Crippen molar-refractivity contribution in [3.63, 3.8) is 0 Å². The van der Waals surface area contributed by atoms with Crippen LogP contribution in [0.25, 0.3) is 0 Å². The molecule has 0 aromatic carbocycles. The van der Waals surface area contributed by atoms with Crippen molar-refractivity contribution in [3.05, 3.63) is 17.0 Å². The molecule has 0 atom stereocenters. The number of nitrogens with zero attached hydrogens (tertiary/aromatic N) is 2. The molecule has 0 amide bonds. The van der Waals surface area contributed by atoms with Gasteiger partial charge in [-0.15, -0.1) is 0 Å². The van der Waals surface area contributed by atoms with Gasteiger partial charge in [0, 0.05) is 0 Å². The average molecular weight is 164 g/mol. The van der Waals surface area contributed by atoms with Crippen LogP contribution in [-0.4, -0.2) is 15.2 Å². The Bertz CT molecular complexity index is 340. The lowest BCUT2D eigenvalue weighted by molar-refractivity contribution is 0.436. The Morgan fingerprint density at radius 1 is 1.17 bits per heavy atom. The summed E-state index contributed by atoms with van der Waals surface area (Å²) in [5, 5.41) is 27.1. The van der Waals surface area contributed by atoms with E-state index in [1.807, 2.05) is 0 Å². The number of aromatic nitrogens is 1. The molecule has 1 aromatic rings. The summed E-state index contributed by atoms with van der Waals surface area (Å²) in [6.45, 7) is 3.14. The van der Waals surface area contributed by atoms with Crippen LogP contribution in [0.15, 0.2) is 0 Å². The second kappa shape index (κ2) is 2.70. The molecule has 2 N–H and O–H groups in total. The van der Waals surface area contributed by atoms with Crippen molar-refractivity contribution in [2.45, 2.75) is 13.8 Å². The van der Waals surface area contributed by atoms with Gasteiger partial charge in [0.15, 0.2) is 11.5 Å². The van der Waals surface area contributed by atoms with Crippen molar-refractivity contribution >= 4 is 0 Å². The minimum Gasteiger partial charge on any atom is -0.505 e. The van der Waals surface area contributed by atoms with E-state index in [0.29, 0.717) is 11.4 Å². The normalized spacial score (nSPS) is 9.42. The summed E-state index contributed by atoms with van der Waals surface area (Å²) in [7, 11) is 0. The zero-order chi connectivity index (χ0) is 9.30. The maximum atomic E-state index is 9.26. The van der Waals surface area contributed by atoms with Crippen LogP contribution in [-0.2, 0) is 0 Å². The molecule has 62 valence electrons. The van der Waals surface area contributed by atoms with Crippen molar-refractivity contribution in [1.29, 1.82) is 5.26 Å². The van der Waals surface area contributed by atoms with Crippen LogP contribution >= 0.6 is 0 Å². The maximum Gasteiger partial charge on any atom is 0.158 e. The van der Waals surface area contributed by atoms with Crippen LogP contribution in [0.1, 0.15) is 17.0 Å². The minimum absolute atomic E-state index is 0.111. The highest BCUT2D eigenvalue weighted by Crippen LogP contribution is 2.29. The van der Waals surface area contributed by atoms with Gasteiger partial charge < -0.3 is 10.2 Å². The molecule has 0 saturated heterocycles. The van der Waals surface area contributed by atoms with E-state index < -0.39 is 0 Å². The predicted octanol–water partition coefficient (Wildman–Crippen LogP) is 0.981. The van der Waals surface area contributed by atoms with E-state index in [-0.39, 0.29) is 17.1 Å². The van der Waals surface area contributed by atoms with E-state index in [4.69, 9.17) is 5.26 Å². The number of hydrogen-bond acceptors (Lipinski definition) is 4. The van der Waals surface area contributed by atoms with E-state index in [2.05, 4.69) is 4.98 Å². The number of rotatable bonds is 0. The first-order valence-electron chi connectivity index (χ1n) is 3.37. The third-order valence-electron chi connectivity index (χ3n) is 1.61. The van der Waals surface area contributed by atoms with E-state index in [1.165, 1.54) is 0 Å². The van der Waals surface area contributed by atoms with Gasteiger partial charge in [-0.1, -0.05) is 0 Å². The van der Waals surface area contributed by atoms with Crippen molar-refractivity contribution in [1.82, 2.24) is 4.98 Å². The first-order chi connectivity index (χ1) is 5.57. The average Bonchev–Trinajstić information content (AvgIpc) is 2.02. The Kier molecular flexibility index (Phi) is 1.88. The molecule has 0 aliphatic heterocycles. The molecular formula is C8H8N2O2. The van der Waals surface area contributed by atoms with Gasteiger partial charge in [0.25, 0.3) is 0 Å². The Morgan fingerprint density at radius 2 is 1.58 bits per heavy atom. The zero-order valence-electron chi connectivity index (χ0n) is 6.79. The van der Waals surface area contributed by atoms with Crippen molar-refractivity contribution in [2.24, 2.45) is 0 Å². The molecule has 0 saturated carbocycles. The number of nitriles is 1. The molecule has 0 radical (unpaired) electrons. The van der Waals surface area contributed by atoms with E-state index in [9.17, 15) is 10.2 Å². The summed E-state index contributed by atoms with van der Waals surface area (Å²) in [5.74, 6) is -0.499. The van der Waals surface area contributed by atoms with Gasteiger partial charge in [-0.3, -0.25) is 4.98 Å². The van der Waals surface area contributed by atoms with Gasteiger partial charge in [-0.25, -0.2) is 0 Å². The molecule has 4 heteroatoms. The lowest BCUT2D eigenvalue weighted by Gasteiger charge is -2.04. The fraction of sp³-hybridized carbons (Fsp3) is 0.250. The Morgan fingerprint density at radius 3 is 1.92 bits per heavy atom. The molecule has 1 heterocycles. The van der Waals surface area contributed by atoms with Crippen LogP contribution in [0.3, 0.4) is 0 Å². The molecule has 0 unspecified atom stereocenters. The molecule has 1 rings (SSSR count). The number of hydrogen-bond donors (Lipinski definition) is 2. The fourth-order valence-corrected chi connectivity index (χ4v) is 0.937. The monoisotopic (exact) mass is 164 g/mol. The Hall–Kier alpha value is -1.76. The van der Waals surface area contributed by atoms with Crippen molar-refractivity contribution < 1.29 is 10.2 Å². The standard InChI is InChI=1S/C8H8N2O2/c1-4-7(11)6(3-9)8(12)5(2)10-4/h11-12H,1-2H3. The lowest BCUT2D eigenvalue weighted by atomic mass is 10.1. The molecule has 0 aliphatic carbocycles. The highest BCUT2D eigenvalue weighted by Gasteiger charge is 2.13. The molecule has 0 aliphatic rings. The quantitative estimate of drug-likeness (QED) is 0.599. The van der Waals surface area contributed by atoms with E-state index >= 15 is 0 Å². The third kappa shape index (κ3) is 1.05. The van der Waals surface area contributed by atoms with Gasteiger partial charge in [-0.2, -0.15) is 5.26 Å². The van der Waals surface area contributed by atoms with Gasteiger partial charge >= 0.3 is 0 Å². The van der Waals surface area contributed by atoms with Crippen LogP contribution in [0.4, 0.5) is 0 Å².